The molecular weight excluding hydrogens is 476 g/mol. The molecule has 0 saturated carbocycles. The second kappa shape index (κ2) is 13.0. The fraction of sp³-hybridized carbons (Fsp3) is 0.520. The zero-order valence-electron chi connectivity index (χ0n) is 21.2. The van der Waals surface area contributed by atoms with Crippen molar-refractivity contribution in [3.05, 3.63) is 47.2 Å². The predicted octanol–water partition coefficient (Wildman–Crippen LogP) is 4.60. The first-order valence-corrected chi connectivity index (χ1v) is 11.6. The Morgan fingerprint density at radius 3 is 2.56 bits per heavy atom. The first kappa shape index (κ1) is 28.7. The summed E-state index contributed by atoms with van der Waals surface area (Å²) in [6.45, 7) is 5.64. The Kier molecular flexibility index (Phi) is 10.4. The van der Waals surface area contributed by atoms with Gasteiger partial charge in [0.15, 0.2) is 17.5 Å². The van der Waals surface area contributed by atoms with E-state index in [0.29, 0.717) is 18.6 Å². The summed E-state index contributed by atoms with van der Waals surface area (Å²) in [6, 6.07) is 4.84. The zero-order chi connectivity index (χ0) is 26.9. The molecule has 1 heterocycles. The number of aryl methyl sites for hydroxylation is 1. The lowest BCUT2D eigenvalue weighted by Gasteiger charge is -2.28. The largest absolute Gasteiger partial charge is 0.469 e. The number of hydrogen-bond acceptors (Lipinski definition) is 7. The smallest absolute Gasteiger partial charge is 0.412 e. The molecule has 0 radical (unpaired) electrons. The van der Waals surface area contributed by atoms with Gasteiger partial charge in [0.1, 0.15) is 12.4 Å². The predicted molar refractivity (Wildman–Crippen MR) is 127 cm³/mol. The van der Waals surface area contributed by atoms with Crippen molar-refractivity contribution in [2.75, 3.05) is 26.1 Å². The number of nitrogens with zero attached hydrogens (tertiary/aromatic N) is 2. The number of halogens is 2. The maximum atomic E-state index is 13.9. The van der Waals surface area contributed by atoms with E-state index in [9.17, 15) is 23.2 Å². The van der Waals surface area contributed by atoms with Crippen LogP contribution >= 0.6 is 0 Å². The van der Waals surface area contributed by atoms with E-state index in [1.54, 1.807) is 6.07 Å². The molecule has 36 heavy (non-hydrogen) atoms. The third-order valence-corrected chi connectivity index (χ3v) is 5.61. The minimum absolute atomic E-state index is 0.00522. The van der Waals surface area contributed by atoms with E-state index in [0.717, 1.165) is 6.07 Å². The molecule has 1 atom stereocenters. The highest BCUT2D eigenvalue weighted by molar-refractivity contribution is 5.83. The summed E-state index contributed by atoms with van der Waals surface area (Å²) in [5.74, 6) is -1.94. The van der Waals surface area contributed by atoms with E-state index in [2.05, 4.69) is 15.2 Å². The van der Waals surface area contributed by atoms with Crippen LogP contribution in [0, 0.1) is 11.6 Å². The Hall–Kier alpha value is -3.50. The van der Waals surface area contributed by atoms with Gasteiger partial charge in [-0.1, -0.05) is 38.1 Å². The highest BCUT2D eigenvalue weighted by Crippen LogP contribution is 2.24. The van der Waals surface area contributed by atoms with Crippen LogP contribution in [0.3, 0.4) is 0 Å². The van der Waals surface area contributed by atoms with Gasteiger partial charge in [-0.15, -0.1) is 0 Å². The summed E-state index contributed by atoms with van der Waals surface area (Å²) in [6.07, 6.45) is -0.00150. The van der Waals surface area contributed by atoms with Gasteiger partial charge in [0.25, 0.3) is 0 Å². The molecule has 0 saturated heterocycles. The van der Waals surface area contributed by atoms with E-state index in [1.165, 1.54) is 31.2 Å². The molecule has 2 rings (SSSR count). The van der Waals surface area contributed by atoms with Crippen molar-refractivity contribution in [3.8, 4) is 0 Å². The maximum Gasteiger partial charge on any atom is 0.412 e. The van der Waals surface area contributed by atoms with Crippen LogP contribution < -0.4 is 5.32 Å². The molecule has 1 N–H and O–H groups in total. The number of rotatable bonds is 11. The third kappa shape index (κ3) is 8.62. The van der Waals surface area contributed by atoms with Crippen molar-refractivity contribution < 1.29 is 37.2 Å². The van der Waals surface area contributed by atoms with Crippen LogP contribution in [0.2, 0.25) is 0 Å². The monoisotopic (exact) mass is 509 g/mol. The molecule has 2 amide bonds. The van der Waals surface area contributed by atoms with Gasteiger partial charge in [0.05, 0.1) is 13.2 Å². The van der Waals surface area contributed by atoms with Gasteiger partial charge < -0.3 is 18.9 Å². The van der Waals surface area contributed by atoms with Crippen LogP contribution in [-0.4, -0.2) is 54.8 Å². The van der Waals surface area contributed by atoms with E-state index < -0.39 is 29.7 Å². The quantitative estimate of drug-likeness (QED) is 0.441. The number of methoxy groups -OCH3 is 1. The number of benzene rings is 1. The third-order valence-electron chi connectivity index (χ3n) is 5.61. The van der Waals surface area contributed by atoms with Crippen molar-refractivity contribution in [3.63, 3.8) is 0 Å². The van der Waals surface area contributed by atoms with Crippen LogP contribution in [0.1, 0.15) is 57.8 Å². The van der Waals surface area contributed by atoms with E-state index in [1.807, 2.05) is 20.8 Å². The van der Waals surface area contributed by atoms with E-state index in [-0.39, 0.29) is 48.6 Å². The highest BCUT2D eigenvalue weighted by Gasteiger charge is 2.24. The first-order chi connectivity index (χ1) is 16.9. The Balaban J connectivity index is 1.98. The highest BCUT2D eigenvalue weighted by atomic mass is 19.2. The summed E-state index contributed by atoms with van der Waals surface area (Å²) in [4.78, 5) is 37.9. The Labute approximate surface area is 209 Å². The number of aromatic nitrogens is 1. The minimum Gasteiger partial charge on any atom is -0.469 e. The maximum absolute atomic E-state index is 13.9. The number of amides is 2. The van der Waals surface area contributed by atoms with Crippen molar-refractivity contribution in [2.24, 2.45) is 0 Å². The Bertz CT molecular complexity index is 1050. The fourth-order valence-electron chi connectivity index (χ4n) is 3.34. The summed E-state index contributed by atoms with van der Waals surface area (Å²) in [7, 11) is 2.81. The van der Waals surface area contributed by atoms with Crippen LogP contribution in [0.25, 0.3) is 0 Å². The summed E-state index contributed by atoms with van der Waals surface area (Å²) < 4.78 is 42.5. The number of ether oxygens (including phenoxy) is 2. The average Bonchev–Trinajstić information content (AvgIpc) is 3.30. The molecule has 0 spiro atoms. The summed E-state index contributed by atoms with van der Waals surface area (Å²) in [5, 5.41) is 6.28. The second-order valence-corrected chi connectivity index (χ2v) is 9.39. The van der Waals surface area contributed by atoms with Crippen LogP contribution in [0.4, 0.5) is 19.4 Å². The second-order valence-electron chi connectivity index (χ2n) is 9.39. The molecule has 0 aliphatic carbocycles. The number of nitrogens with one attached hydrogen (secondary N) is 1. The number of likely N-dealkylation sites (N-methyl/N-ethyl adjacent to an activating group) is 1. The van der Waals surface area contributed by atoms with E-state index in [4.69, 9.17) is 9.26 Å². The molecule has 2 aromatic rings. The molecule has 0 bridgehead atoms. The van der Waals surface area contributed by atoms with Crippen LogP contribution in [-0.2, 0) is 30.9 Å². The van der Waals surface area contributed by atoms with Gasteiger partial charge in [-0.3, -0.25) is 14.9 Å². The number of carbonyl (C=O) groups excluding carboxylic acids is 3. The number of anilines is 1. The minimum atomic E-state index is -0.981. The molecule has 0 unspecified atom stereocenters. The van der Waals surface area contributed by atoms with Crippen molar-refractivity contribution >= 4 is 23.8 Å². The molecule has 9 nitrogen and oxygen atoms in total. The average molecular weight is 510 g/mol. The van der Waals surface area contributed by atoms with Gasteiger partial charge in [-0.25, -0.2) is 13.6 Å². The van der Waals surface area contributed by atoms with Crippen molar-refractivity contribution in [1.82, 2.24) is 10.1 Å². The van der Waals surface area contributed by atoms with Crippen molar-refractivity contribution in [2.45, 2.75) is 64.3 Å². The Morgan fingerprint density at radius 2 is 1.92 bits per heavy atom. The normalized spacial score (nSPS) is 12.1. The molecule has 198 valence electrons. The van der Waals surface area contributed by atoms with Gasteiger partial charge in [0.2, 0.25) is 5.91 Å². The van der Waals surface area contributed by atoms with E-state index >= 15 is 0 Å². The summed E-state index contributed by atoms with van der Waals surface area (Å²) >= 11 is 0. The zero-order valence-corrected chi connectivity index (χ0v) is 21.2. The molecular formula is C25H33F2N3O6. The van der Waals surface area contributed by atoms with Crippen LogP contribution in [0.5, 0.6) is 0 Å². The van der Waals surface area contributed by atoms with Gasteiger partial charge in [-0.2, -0.15) is 0 Å². The molecule has 1 aromatic heterocycles. The van der Waals surface area contributed by atoms with Gasteiger partial charge in [-0.05, 0) is 30.9 Å². The number of esters is 1. The lowest BCUT2D eigenvalue weighted by atomic mass is 9.93. The standard InChI is InChI=1S/C25H33F2N3O6/c1-25(2,3)19-14-20(29-36-19)28-24(33)35-15-17(9-7-11-22(32)34-5)30(4)21(31)13-12-16-8-6-10-18(26)23(16)27/h6,8,10,14,17H,7,9,11-13,15H2,1-5H3,(H,28,29,33)/t17-/m0/s1. The molecule has 0 fully saturated rings. The SMILES string of the molecule is COC(=O)CCC[C@@H](COC(=O)Nc1cc(C(C)(C)C)on1)N(C)C(=O)CCc1cccc(F)c1F. The molecule has 11 heteroatoms. The molecule has 0 aliphatic heterocycles. The first-order valence-electron chi connectivity index (χ1n) is 11.6. The van der Waals surface area contributed by atoms with Crippen molar-refractivity contribution in [1.29, 1.82) is 0 Å². The molecule has 1 aromatic carbocycles. The number of hydrogen-bond donors (Lipinski definition) is 1. The lowest BCUT2D eigenvalue weighted by Crippen LogP contribution is -2.41. The Morgan fingerprint density at radius 1 is 1.19 bits per heavy atom. The van der Waals surface area contributed by atoms with Gasteiger partial charge >= 0.3 is 12.1 Å². The van der Waals surface area contributed by atoms with Crippen LogP contribution in [0.15, 0.2) is 28.8 Å². The lowest BCUT2D eigenvalue weighted by molar-refractivity contribution is -0.140. The topological polar surface area (TPSA) is 111 Å². The number of carbonyl (C=O) groups is 3. The molecule has 0 aliphatic rings. The summed E-state index contributed by atoms with van der Waals surface area (Å²) in [5.41, 5.74) is -0.198. The van der Waals surface area contributed by atoms with Gasteiger partial charge in [0, 0.05) is 31.4 Å². The fourth-order valence-corrected chi connectivity index (χ4v) is 3.34.